The Morgan fingerprint density at radius 1 is 0.233 bits per heavy atom. The van der Waals surface area contributed by atoms with Gasteiger partial charge >= 0.3 is 0 Å². The molecule has 0 amide bonds. The van der Waals surface area contributed by atoms with Gasteiger partial charge < -0.3 is 8.97 Å². The fourth-order valence-electron chi connectivity index (χ4n) is 19.9. The lowest BCUT2D eigenvalue weighted by Gasteiger charge is -2.17. The molecule has 0 aliphatic heterocycles. The van der Waals surface area contributed by atoms with Gasteiger partial charge in [-0.15, -0.1) is 0 Å². The molecule has 0 atom stereocenters. The van der Waals surface area contributed by atoms with Crippen molar-refractivity contribution in [3.63, 3.8) is 0 Å². The Bertz CT molecular complexity index is 8800. The molecule has 0 N–H and O–H groups in total. The molecule has 0 radical (unpaired) electrons. The molecule has 9 aromatic heterocycles. The van der Waals surface area contributed by atoms with Crippen molar-refractivity contribution in [3.8, 4) is 129 Å². The number of rotatable bonds is 13. The highest BCUT2D eigenvalue weighted by molar-refractivity contribution is 6.38. The van der Waals surface area contributed by atoms with E-state index >= 15 is 0 Å². The first-order chi connectivity index (χ1) is 64.0. The van der Waals surface area contributed by atoms with Crippen molar-refractivity contribution >= 4 is 109 Å². The first-order valence-corrected chi connectivity index (χ1v) is 43.6. The van der Waals surface area contributed by atoms with Crippen LogP contribution in [0.2, 0.25) is 0 Å². The van der Waals surface area contributed by atoms with Crippen LogP contribution in [-0.4, -0.2) is 52.4 Å². The number of benzene rings is 17. The standard InChI is InChI=1S/C63H40N6.C55H35N5/c1-4-17-43(18-5-1)57-59-58-50-25-12-10-23-48(50)52(41-29-31-42(32-30-41)55-40-67-38-16-37-64-63(67)66-55)39-53(58)49-24-11-13-26-51(49)61(59)69(60(57)44-19-6-2-7-20-44)47-35-33-45(34-36-47)62-65-54-27-14-15-28-56(54)68(62)46-21-8-3-9-22-46;1-3-14-39(15-4-1)51-53-52-43-20-9-7-18-41(43)45(36-25-27-37(28-26-36)48-35-59-33-12-11-23-49(59)58-48)34-46(52)42-19-8-10-21-44(42)55(53)60(54(51)40-16-5-2-6-17-40)50-24-13-22-47(57-50)38-29-31-56-32-30-38/h1-40H;1-35H. The predicted octanol–water partition coefficient (Wildman–Crippen LogP) is 29.7. The summed E-state index contributed by atoms with van der Waals surface area (Å²) in [6, 6.07) is 148. The van der Waals surface area contributed by atoms with Gasteiger partial charge in [0.1, 0.15) is 17.3 Å². The normalized spacial score (nSPS) is 11.7. The Morgan fingerprint density at radius 2 is 0.674 bits per heavy atom. The summed E-state index contributed by atoms with van der Waals surface area (Å²) in [5.41, 5.74) is 28.2. The zero-order valence-electron chi connectivity index (χ0n) is 69.7. The van der Waals surface area contributed by atoms with Crippen LogP contribution in [0.1, 0.15) is 0 Å². The van der Waals surface area contributed by atoms with Crippen molar-refractivity contribution in [2.75, 3.05) is 0 Å². The Labute approximate surface area is 741 Å². The van der Waals surface area contributed by atoms with Crippen LogP contribution in [0.3, 0.4) is 0 Å². The highest BCUT2D eigenvalue weighted by atomic mass is 15.1. The summed E-state index contributed by atoms with van der Waals surface area (Å²) in [6.45, 7) is 0. The first kappa shape index (κ1) is 74.1. The second-order valence-corrected chi connectivity index (χ2v) is 32.9. The van der Waals surface area contributed by atoms with E-state index in [-0.39, 0.29) is 0 Å². The molecule has 26 rings (SSSR count). The number of hydrogen-bond acceptors (Lipinski definition) is 6. The van der Waals surface area contributed by atoms with Gasteiger partial charge in [0, 0.05) is 120 Å². The summed E-state index contributed by atoms with van der Waals surface area (Å²) in [4.78, 5) is 29.1. The molecule has 17 aromatic carbocycles. The van der Waals surface area contributed by atoms with Gasteiger partial charge in [0.25, 0.3) is 0 Å². The predicted molar refractivity (Wildman–Crippen MR) is 531 cm³/mol. The molecule has 11 nitrogen and oxygen atoms in total. The number of pyridine rings is 3. The molecule has 602 valence electrons. The summed E-state index contributed by atoms with van der Waals surface area (Å²) in [6.07, 6.45) is 13.6. The summed E-state index contributed by atoms with van der Waals surface area (Å²) in [5.74, 6) is 2.44. The van der Waals surface area contributed by atoms with Crippen LogP contribution < -0.4 is 0 Å². The summed E-state index contributed by atoms with van der Waals surface area (Å²) in [5, 5.41) is 16.9. The van der Waals surface area contributed by atoms with E-state index in [9.17, 15) is 0 Å². The van der Waals surface area contributed by atoms with E-state index in [1.165, 1.54) is 103 Å². The van der Waals surface area contributed by atoms with Crippen molar-refractivity contribution in [1.29, 1.82) is 0 Å². The van der Waals surface area contributed by atoms with Crippen molar-refractivity contribution in [2.45, 2.75) is 0 Å². The monoisotopic (exact) mass is 1650 g/mol. The van der Waals surface area contributed by atoms with Crippen molar-refractivity contribution in [1.82, 2.24) is 52.4 Å². The fourth-order valence-corrected chi connectivity index (χ4v) is 19.9. The van der Waals surface area contributed by atoms with E-state index in [2.05, 4.69) is 410 Å². The molecule has 0 saturated carbocycles. The Morgan fingerprint density at radius 3 is 1.24 bits per heavy atom. The minimum absolute atomic E-state index is 0.687. The Hall–Kier alpha value is -17.5. The third-order valence-electron chi connectivity index (χ3n) is 25.6. The largest absolute Gasteiger partial charge is 0.308 e. The Kier molecular flexibility index (Phi) is 17.7. The molecule has 11 heteroatoms. The summed E-state index contributed by atoms with van der Waals surface area (Å²) in [7, 11) is 0. The number of nitrogens with zero attached hydrogens (tertiary/aromatic N) is 11. The quantitative estimate of drug-likeness (QED) is 0.107. The number of imidazole rings is 3. The number of para-hydroxylation sites is 3. The molecule has 0 bridgehead atoms. The van der Waals surface area contributed by atoms with E-state index in [1.807, 2.05) is 71.8 Å². The second-order valence-electron chi connectivity index (χ2n) is 32.9. The minimum atomic E-state index is 0.687. The van der Waals surface area contributed by atoms with Gasteiger partial charge in [0.15, 0.2) is 0 Å². The molecule has 0 fully saturated rings. The number of fused-ring (bicyclic) bond motifs is 19. The summed E-state index contributed by atoms with van der Waals surface area (Å²) >= 11 is 0. The van der Waals surface area contributed by atoms with Crippen LogP contribution in [-0.2, 0) is 0 Å². The third kappa shape index (κ3) is 12.4. The average molecular weight is 1650 g/mol. The molecule has 0 unspecified atom stereocenters. The molecule has 0 aliphatic carbocycles. The van der Waals surface area contributed by atoms with Gasteiger partial charge in [0.05, 0.1) is 50.5 Å². The van der Waals surface area contributed by atoms with Crippen LogP contribution in [0.15, 0.2) is 456 Å². The van der Waals surface area contributed by atoms with Crippen LogP contribution in [0, 0.1) is 0 Å². The van der Waals surface area contributed by atoms with E-state index in [1.54, 1.807) is 6.20 Å². The third-order valence-corrected chi connectivity index (χ3v) is 25.6. The lowest BCUT2D eigenvalue weighted by molar-refractivity contribution is 1.06. The SMILES string of the molecule is c1ccc(-c2c(-c3ccccc3)n(-c3ccc(-c4nc5ccccc5n4-c4ccccc4)cc3)c3c4ccccc4c4cc(-c5ccc(-c6cn7cccnc7n6)cc5)c5ccccc5c4c23)cc1.c1ccc(-c2c(-c3ccccc3)n(-c3cccc(-c4ccncc4)n3)c3c4ccccc4c4cc(-c5ccc(-c6cn7ccccc7n6)cc5)c5ccccc5c4c23)cc1. The molecule has 26 aromatic rings. The average Bonchev–Trinajstić information content (AvgIpc) is 1.55. The highest BCUT2D eigenvalue weighted by Crippen LogP contribution is 2.55. The second kappa shape index (κ2) is 30.8. The lowest BCUT2D eigenvalue weighted by atomic mass is 9.87. The number of aromatic nitrogens is 11. The van der Waals surface area contributed by atoms with Crippen molar-refractivity contribution in [2.24, 2.45) is 0 Å². The van der Waals surface area contributed by atoms with E-state index in [0.29, 0.717) is 5.78 Å². The number of hydrogen-bond donors (Lipinski definition) is 0. The summed E-state index contributed by atoms with van der Waals surface area (Å²) < 4.78 is 11.2. The first-order valence-electron chi connectivity index (χ1n) is 43.6. The van der Waals surface area contributed by atoms with Crippen LogP contribution in [0.25, 0.3) is 238 Å². The van der Waals surface area contributed by atoms with Gasteiger partial charge in [-0.2, -0.15) is 0 Å². The molecule has 9 heterocycles. The van der Waals surface area contributed by atoms with E-state index in [0.717, 1.165) is 129 Å². The molecule has 0 aliphatic rings. The molecular formula is C118H75N11. The van der Waals surface area contributed by atoms with Gasteiger partial charge in [-0.25, -0.2) is 24.9 Å². The van der Waals surface area contributed by atoms with Crippen molar-refractivity contribution in [3.05, 3.63) is 456 Å². The molecule has 129 heavy (non-hydrogen) atoms. The van der Waals surface area contributed by atoms with Gasteiger partial charge in [0.2, 0.25) is 5.78 Å². The van der Waals surface area contributed by atoms with E-state index < -0.39 is 0 Å². The van der Waals surface area contributed by atoms with Crippen LogP contribution in [0.4, 0.5) is 0 Å². The van der Waals surface area contributed by atoms with Gasteiger partial charge in [-0.1, -0.05) is 309 Å². The van der Waals surface area contributed by atoms with Crippen molar-refractivity contribution < 1.29 is 0 Å². The minimum Gasteiger partial charge on any atom is -0.308 e. The smallest absolute Gasteiger partial charge is 0.234 e. The molecule has 0 saturated heterocycles. The molecular weight excluding hydrogens is 1570 g/mol. The van der Waals surface area contributed by atoms with Gasteiger partial charge in [-0.05, 0) is 191 Å². The van der Waals surface area contributed by atoms with Crippen LogP contribution in [0.5, 0.6) is 0 Å². The maximum atomic E-state index is 5.43. The lowest BCUT2D eigenvalue weighted by Crippen LogP contribution is -2.02. The van der Waals surface area contributed by atoms with Crippen LogP contribution >= 0.6 is 0 Å². The molecule has 0 spiro atoms. The zero-order chi connectivity index (χ0) is 85.0. The maximum Gasteiger partial charge on any atom is 0.234 e. The highest BCUT2D eigenvalue weighted by Gasteiger charge is 2.31. The fraction of sp³-hybridized carbons (Fsp3) is 0. The Balaban J connectivity index is 0.000000141. The van der Waals surface area contributed by atoms with E-state index in [4.69, 9.17) is 19.9 Å². The van der Waals surface area contributed by atoms with Gasteiger partial charge in [-0.3, -0.25) is 18.5 Å². The topological polar surface area (TPSA) is 101 Å². The maximum absolute atomic E-state index is 5.43. The zero-order valence-corrected chi connectivity index (χ0v) is 69.7.